The Morgan fingerprint density at radius 1 is 1.12 bits per heavy atom. The molecule has 0 atom stereocenters. The monoisotopic (exact) mass is 226 g/mol. The third-order valence-electron chi connectivity index (χ3n) is 2.65. The molecule has 0 saturated carbocycles. The summed E-state index contributed by atoms with van der Waals surface area (Å²) in [6, 6.07) is 11.5. The molecule has 0 aliphatic rings. The highest BCUT2D eigenvalue weighted by atomic mass is 16.5. The van der Waals surface area contributed by atoms with Crippen LogP contribution in [0.15, 0.2) is 48.6 Å². The standard InChI is InChI=1S/C15H14O2/c1-3-4-15(16)13-6-5-12-10-14(17-2)8-7-11(12)9-13/h3-10H,1-2H3/b4-3+. The SMILES string of the molecule is C/C=C/C(=O)c1ccc2cc(OC)ccc2c1. The molecule has 0 saturated heterocycles. The van der Waals surface area contributed by atoms with Crippen LogP contribution in [-0.4, -0.2) is 12.9 Å². The molecule has 0 N–H and O–H groups in total. The van der Waals surface area contributed by atoms with Gasteiger partial charge in [0.1, 0.15) is 5.75 Å². The third-order valence-corrected chi connectivity index (χ3v) is 2.65. The van der Waals surface area contributed by atoms with Gasteiger partial charge in [-0.05, 0) is 42.0 Å². The Bertz CT molecular complexity index is 582. The first-order chi connectivity index (χ1) is 8.24. The fraction of sp³-hybridized carbons (Fsp3) is 0.133. The maximum atomic E-state index is 11.7. The number of fused-ring (bicyclic) bond motifs is 1. The summed E-state index contributed by atoms with van der Waals surface area (Å²) < 4.78 is 5.16. The van der Waals surface area contributed by atoms with Crippen molar-refractivity contribution in [2.24, 2.45) is 0 Å². The zero-order valence-electron chi connectivity index (χ0n) is 9.94. The molecule has 0 bridgehead atoms. The fourth-order valence-electron chi connectivity index (χ4n) is 1.75. The summed E-state index contributed by atoms with van der Waals surface area (Å²) in [6.07, 6.45) is 3.32. The predicted molar refractivity (Wildman–Crippen MR) is 69.6 cm³/mol. The number of carbonyl (C=O) groups is 1. The highest BCUT2D eigenvalue weighted by molar-refractivity contribution is 6.06. The maximum absolute atomic E-state index is 11.7. The number of allylic oxidation sites excluding steroid dienone is 2. The molecular formula is C15H14O2. The Kier molecular flexibility index (Phi) is 3.24. The Balaban J connectivity index is 2.48. The van der Waals surface area contributed by atoms with Crippen molar-refractivity contribution < 1.29 is 9.53 Å². The highest BCUT2D eigenvalue weighted by Crippen LogP contribution is 2.22. The van der Waals surface area contributed by atoms with Crippen molar-refractivity contribution in [3.05, 3.63) is 54.1 Å². The van der Waals surface area contributed by atoms with E-state index in [1.54, 1.807) is 19.3 Å². The minimum absolute atomic E-state index is 0.0326. The van der Waals surface area contributed by atoms with Crippen molar-refractivity contribution >= 4 is 16.6 Å². The Morgan fingerprint density at radius 3 is 2.53 bits per heavy atom. The van der Waals surface area contributed by atoms with Crippen LogP contribution in [0.2, 0.25) is 0 Å². The molecule has 2 nitrogen and oxygen atoms in total. The second-order valence-corrected chi connectivity index (χ2v) is 3.79. The van der Waals surface area contributed by atoms with E-state index < -0.39 is 0 Å². The van der Waals surface area contributed by atoms with Crippen molar-refractivity contribution in [1.29, 1.82) is 0 Å². The first kappa shape index (κ1) is 11.4. The van der Waals surface area contributed by atoms with Crippen LogP contribution >= 0.6 is 0 Å². The molecule has 17 heavy (non-hydrogen) atoms. The maximum Gasteiger partial charge on any atom is 0.185 e. The Hall–Kier alpha value is -2.09. The summed E-state index contributed by atoms with van der Waals surface area (Å²) in [4.78, 5) is 11.7. The Labute approximate surface area is 101 Å². The van der Waals surface area contributed by atoms with E-state index in [4.69, 9.17) is 4.74 Å². The minimum Gasteiger partial charge on any atom is -0.497 e. The summed E-state index contributed by atoms with van der Waals surface area (Å²) in [5.41, 5.74) is 0.709. The van der Waals surface area contributed by atoms with E-state index in [0.29, 0.717) is 5.56 Å². The van der Waals surface area contributed by atoms with Gasteiger partial charge in [0, 0.05) is 5.56 Å². The molecule has 0 aliphatic carbocycles. The first-order valence-corrected chi connectivity index (χ1v) is 5.49. The molecule has 0 aliphatic heterocycles. The second kappa shape index (κ2) is 4.83. The molecule has 0 heterocycles. The number of methoxy groups -OCH3 is 1. The molecule has 2 heteroatoms. The molecule has 86 valence electrons. The van der Waals surface area contributed by atoms with Gasteiger partial charge in [0.05, 0.1) is 7.11 Å². The van der Waals surface area contributed by atoms with Gasteiger partial charge in [-0.3, -0.25) is 4.79 Å². The van der Waals surface area contributed by atoms with Crippen LogP contribution in [0.25, 0.3) is 10.8 Å². The van der Waals surface area contributed by atoms with Crippen LogP contribution in [0.5, 0.6) is 5.75 Å². The predicted octanol–water partition coefficient (Wildman–Crippen LogP) is 3.61. The van der Waals surface area contributed by atoms with Gasteiger partial charge in [0.2, 0.25) is 0 Å². The lowest BCUT2D eigenvalue weighted by Gasteiger charge is -2.03. The lowest BCUT2D eigenvalue weighted by molar-refractivity contribution is 0.104. The van der Waals surface area contributed by atoms with E-state index in [-0.39, 0.29) is 5.78 Å². The van der Waals surface area contributed by atoms with Gasteiger partial charge >= 0.3 is 0 Å². The summed E-state index contributed by atoms with van der Waals surface area (Å²) >= 11 is 0. The third kappa shape index (κ3) is 2.36. The molecule has 0 radical (unpaired) electrons. The number of ether oxygens (including phenoxy) is 1. The average molecular weight is 226 g/mol. The lowest BCUT2D eigenvalue weighted by atomic mass is 10.0. The van der Waals surface area contributed by atoms with Crippen molar-refractivity contribution in [2.45, 2.75) is 6.92 Å². The number of rotatable bonds is 3. The molecule has 0 aromatic heterocycles. The van der Waals surface area contributed by atoms with Gasteiger partial charge in [-0.2, -0.15) is 0 Å². The van der Waals surface area contributed by atoms with Crippen LogP contribution in [0.4, 0.5) is 0 Å². The summed E-state index contributed by atoms with van der Waals surface area (Å²) in [5, 5.41) is 2.11. The van der Waals surface area contributed by atoms with Crippen molar-refractivity contribution in [3.8, 4) is 5.75 Å². The van der Waals surface area contributed by atoms with Crippen LogP contribution in [0, 0.1) is 0 Å². The summed E-state index contributed by atoms with van der Waals surface area (Å²) in [6.45, 7) is 1.84. The van der Waals surface area contributed by atoms with E-state index in [1.807, 2.05) is 43.3 Å². The molecular weight excluding hydrogens is 212 g/mol. The highest BCUT2D eigenvalue weighted by Gasteiger charge is 2.03. The van der Waals surface area contributed by atoms with Crippen LogP contribution in [0.1, 0.15) is 17.3 Å². The van der Waals surface area contributed by atoms with E-state index in [0.717, 1.165) is 16.5 Å². The van der Waals surface area contributed by atoms with Crippen LogP contribution in [-0.2, 0) is 0 Å². The summed E-state index contributed by atoms with van der Waals surface area (Å²) in [5.74, 6) is 0.857. The van der Waals surface area contributed by atoms with Crippen molar-refractivity contribution in [2.75, 3.05) is 7.11 Å². The zero-order chi connectivity index (χ0) is 12.3. The molecule has 2 aromatic rings. The van der Waals surface area contributed by atoms with Gasteiger partial charge in [-0.25, -0.2) is 0 Å². The quantitative estimate of drug-likeness (QED) is 0.590. The molecule has 0 unspecified atom stereocenters. The van der Waals surface area contributed by atoms with Gasteiger partial charge in [-0.1, -0.05) is 24.3 Å². The summed E-state index contributed by atoms with van der Waals surface area (Å²) in [7, 11) is 1.64. The van der Waals surface area contributed by atoms with Crippen LogP contribution < -0.4 is 4.74 Å². The van der Waals surface area contributed by atoms with Gasteiger partial charge < -0.3 is 4.74 Å². The van der Waals surface area contributed by atoms with Gasteiger partial charge in [0.15, 0.2) is 5.78 Å². The number of hydrogen-bond donors (Lipinski definition) is 0. The first-order valence-electron chi connectivity index (χ1n) is 5.49. The van der Waals surface area contributed by atoms with Crippen molar-refractivity contribution in [3.63, 3.8) is 0 Å². The topological polar surface area (TPSA) is 26.3 Å². The number of ketones is 1. The second-order valence-electron chi connectivity index (χ2n) is 3.79. The normalized spacial score (nSPS) is 10.9. The average Bonchev–Trinajstić information content (AvgIpc) is 2.37. The van der Waals surface area contributed by atoms with E-state index >= 15 is 0 Å². The smallest absolute Gasteiger partial charge is 0.185 e. The number of carbonyl (C=O) groups excluding carboxylic acids is 1. The van der Waals surface area contributed by atoms with Crippen LogP contribution in [0.3, 0.4) is 0 Å². The minimum atomic E-state index is 0.0326. The number of hydrogen-bond acceptors (Lipinski definition) is 2. The lowest BCUT2D eigenvalue weighted by Crippen LogP contribution is -1.93. The number of benzene rings is 2. The largest absolute Gasteiger partial charge is 0.497 e. The van der Waals surface area contributed by atoms with E-state index in [9.17, 15) is 4.79 Å². The van der Waals surface area contributed by atoms with Crippen molar-refractivity contribution in [1.82, 2.24) is 0 Å². The molecule has 0 amide bonds. The zero-order valence-corrected chi connectivity index (χ0v) is 9.94. The molecule has 0 spiro atoms. The van der Waals surface area contributed by atoms with Gasteiger partial charge in [0.25, 0.3) is 0 Å². The van der Waals surface area contributed by atoms with E-state index in [1.165, 1.54) is 0 Å². The molecule has 2 rings (SSSR count). The van der Waals surface area contributed by atoms with E-state index in [2.05, 4.69) is 0 Å². The molecule has 0 fully saturated rings. The fourth-order valence-corrected chi connectivity index (χ4v) is 1.75. The Morgan fingerprint density at radius 2 is 1.82 bits per heavy atom. The van der Waals surface area contributed by atoms with Gasteiger partial charge in [-0.15, -0.1) is 0 Å². The molecule has 2 aromatic carbocycles.